The molecule has 0 amide bonds. The predicted octanol–water partition coefficient (Wildman–Crippen LogP) is 2.77. The first-order chi connectivity index (χ1) is 7.88. The van der Waals surface area contributed by atoms with E-state index in [1.165, 1.54) is 12.1 Å². The van der Waals surface area contributed by atoms with Gasteiger partial charge in [0.1, 0.15) is 0 Å². The summed E-state index contributed by atoms with van der Waals surface area (Å²) in [5.74, 6) is -2.05. The first-order valence-electron chi connectivity index (χ1n) is 5.51. The molecule has 0 fully saturated rings. The maximum absolute atomic E-state index is 11.1. The van der Waals surface area contributed by atoms with E-state index in [1.807, 2.05) is 20.8 Å². The number of carboxylic acids is 2. The number of carbonyl (C=O) groups is 2. The van der Waals surface area contributed by atoms with E-state index in [0.29, 0.717) is 17.5 Å². The molecule has 4 heteroatoms. The second-order valence-electron chi connectivity index (χ2n) is 4.22. The monoisotopic (exact) mass is 236 g/mol. The third kappa shape index (κ3) is 2.64. The third-order valence-corrected chi connectivity index (χ3v) is 2.74. The Morgan fingerprint density at radius 3 is 2.00 bits per heavy atom. The van der Waals surface area contributed by atoms with Crippen LogP contribution < -0.4 is 0 Å². The van der Waals surface area contributed by atoms with Crippen molar-refractivity contribution in [2.45, 2.75) is 33.1 Å². The van der Waals surface area contributed by atoms with Gasteiger partial charge in [-0.2, -0.15) is 0 Å². The second kappa shape index (κ2) is 4.99. The minimum atomic E-state index is -1.01. The standard InChI is InChI=1S/C13H16O4/c1-4-8-5-11(13(16)17)9(7(2)3)6-10(8)12(14)15/h5-7H,4H2,1-3H3,(H,14,15)(H,16,17). The summed E-state index contributed by atoms with van der Waals surface area (Å²) in [6, 6.07) is 2.95. The Labute approximate surface area is 99.9 Å². The van der Waals surface area contributed by atoms with E-state index in [1.54, 1.807) is 0 Å². The van der Waals surface area contributed by atoms with Crippen molar-refractivity contribution < 1.29 is 19.8 Å². The van der Waals surface area contributed by atoms with Crippen molar-refractivity contribution in [2.24, 2.45) is 0 Å². The van der Waals surface area contributed by atoms with Crippen LogP contribution in [0.5, 0.6) is 0 Å². The first kappa shape index (κ1) is 13.2. The Morgan fingerprint density at radius 2 is 1.65 bits per heavy atom. The maximum Gasteiger partial charge on any atom is 0.335 e. The summed E-state index contributed by atoms with van der Waals surface area (Å²) in [5, 5.41) is 18.2. The molecule has 0 radical (unpaired) electrons. The van der Waals surface area contributed by atoms with Gasteiger partial charge in [0.05, 0.1) is 11.1 Å². The van der Waals surface area contributed by atoms with Crippen LogP contribution in [0.15, 0.2) is 12.1 Å². The molecule has 0 aliphatic rings. The maximum atomic E-state index is 11.1. The quantitative estimate of drug-likeness (QED) is 0.842. The molecule has 0 aliphatic carbocycles. The lowest BCUT2D eigenvalue weighted by molar-refractivity contribution is 0.0679. The molecule has 0 saturated heterocycles. The summed E-state index contributed by atoms with van der Waals surface area (Å²) in [4.78, 5) is 22.2. The highest BCUT2D eigenvalue weighted by molar-refractivity contribution is 5.94. The van der Waals surface area contributed by atoms with Crippen LogP contribution in [0.4, 0.5) is 0 Å². The molecule has 0 saturated carbocycles. The van der Waals surface area contributed by atoms with Crippen molar-refractivity contribution >= 4 is 11.9 Å². The molecule has 1 rings (SSSR count). The Hall–Kier alpha value is -1.84. The van der Waals surface area contributed by atoms with Gasteiger partial charge in [-0.1, -0.05) is 20.8 Å². The van der Waals surface area contributed by atoms with Gasteiger partial charge in [-0.25, -0.2) is 9.59 Å². The summed E-state index contributed by atoms with van der Waals surface area (Å²) in [5.41, 5.74) is 1.51. The number of carboxylic acid groups (broad SMARTS) is 2. The highest BCUT2D eigenvalue weighted by Gasteiger charge is 2.19. The smallest absolute Gasteiger partial charge is 0.335 e. The second-order valence-corrected chi connectivity index (χ2v) is 4.22. The lowest BCUT2D eigenvalue weighted by Gasteiger charge is -2.13. The molecule has 92 valence electrons. The van der Waals surface area contributed by atoms with Gasteiger partial charge in [0.25, 0.3) is 0 Å². The molecule has 0 atom stereocenters. The molecule has 4 nitrogen and oxygen atoms in total. The van der Waals surface area contributed by atoms with Gasteiger partial charge in [0.15, 0.2) is 0 Å². The van der Waals surface area contributed by atoms with Crippen LogP contribution in [0.1, 0.15) is 58.5 Å². The molecule has 0 spiro atoms. The van der Waals surface area contributed by atoms with Crippen LogP contribution in [-0.4, -0.2) is 22.2 Å². The number of aryl methyl sites for hydroxylation is 1. The van der Waals surface area contributed by atoms with E-state index in [-0.39, 0.29) is 17.0 Å². The molecule has 0 bridgehead atoms. The highest BCUT2D eigenvalue weighted by atomic mass is 16.4. The summed E-state index contributed by atoms with van der Waals surface area (Å²) < 4.78 is 0. The van der Waals surface area contributed by atoms with Crippen molar-refractivity contribution in [3.63, 3.8) is 0 Å². The molecule has 17 heavy (non-hydrogen) atoms. The molecule has 0 unspecified atom stereocenters. The van der Waals surface area contributed by atoms with Crippen molar-refractivity contribution in [3.8, 4) is 0 Å². The average Bonchev–Trinajstić information content (AvgIpc) is 2.26. The van der Waals surface area contributed by atoms with Crippen molar-refractivity contribution in [1.29, 1.82) is 0 Å². The Morgan fingerprint density at radius 1 is 1.12 bits per heavy atom. The van der Waals surface area contributed by atoms with Crippen molar-refractivity contribution in [2.75, 3.05) is 0 Å². The molecular formula is C13H16O4. The van der Waals surface area contributed by atoms with Gasteiger partial charge in [0.2, 0.25) is 0 Å². The van der Waals surface area contributed by atoms with E-state index >= 15 is 0 Å². The minimum Gasteiger partial charge on any atom is -0.478 e. The molecule has 1 aromatic carbocycles. The van der Waals surface area contributed by atoms with Crippen molar-refractivity contribution in [3.05, 3.63) is 34.4 Å². The SMILES string of the molecule is CCc1cc(C(=O)O)c(C(C)C)cc1C(=O)O. The van der Waals surface area contributed by atoms with E-state index in [9.17, 15) is 9.59 Å². The molecule has 0 aromatic heterocycles. The fraction of sp³-hybridized carbons (Fsp3) is 0.385. The van der Waals surface area contributed by atoms with Gasteiger partial charge >= 0.3 is 11.9 Å². The number of aromatic carboxylic acids is 2. The Balaban J connectivity index is 3.53. The summed E-state index contributed by atoms with van der Waals surface area (Å²) in [6.45, 7) is 5.50. The van der Waals surface area contributed by atoms with Crippen LogP contribution in [0.25, 0.3) is 0 Å². The number of benzene rings is 1. The Kier molecular flexibility index (Phi) is 3.89. The predicted molar refractivity (Wildman–Crippen MR) is 63.8 cm³/mol. The van der Waals surface area contributed by atoms with E-state index in [0.717, 1.165) is 0 Å². The lowest BCUT2D eigenvalue weighted by atomic mass is 9.91. The zero-order valence-corrected chi connectivity index (χ0v) is 10.2. The van der Waals surface area contributed by atoms with Crippen LogP contribution >= 0.6 is 0 Å². The van der Waals surface area contributed by atoms with Crippen LogP contribution in [0.2, 0.25) is 0 Å². The number of rotatable bonds is 4. The fourth-order valence-electron chi connectivity index (χ4n) is 1.82. The van der Waals surface area contributed by atoms with Gasteiger partial charge in [0, 0.05) is 0 Å². The largest absolute Gasteiger partial charge is 0.478 e. The highest BCUT2D eigenvalue weighted by Crippen LogP contribution is 2.24. The molecular weight excluding hydrogens is 220 g/mol. The molecule has 0 aliphatic heterocycles. The normalized spacial score (nSPS) is 10.6. The summed E-state index contributed by atoms with van der Waals surface area (Å²) in [7, 11) is 0. The lowest BCUT2D eigenvalue weighted by Crippen LogP contribution is -2.10. The van der Waals surface area contributed by atoms with Crippen molar-refractivity contribution in [1.82, 2.24) is 0 Å². The number of hydrogen-bond acceptors (Lipinski definition) is 2. The number of hydrogen-bond donors (Lipinski definition) is 2. The summed E-state index contributed by atoms with van der Waals surface area (Å²) >= 11 is 0. The van der Waals surface area contributed by atoms with E-state index in [2.05, 4.69) is 0 Å². The first-order valence-corrected chi connectivity index (χ1v) is 5.51. The van der Waals surface area contributed by atoms with Crippen LogP contribution in [0, 0.1) is 0 Å². The summed E-state index contributed by atoms with van der Waals surface area (Å²) in [6.07, 6.45) is 0.500. The van der Waals surface area contributed by atoms with Gasteiger partial charge in [-0.15, -0.1) is 0 Å². The van der Waals surface area contributed by atoms with Crippen LogP contribution in [-0.2, 0) is 6.42 Å². The zero-order chi connectivity index (χ0) is 13.2. The Bertz CT molecular complexity index is 461. The van der Waals surface area contributed by atoms with Gasteiger partial charge in [-0.3, -0.25) is 0 Å². The van der Waals surface area contributed by atoms with Gasteiger partial charge in [-0.05, 0) is 35.6 Å². The van der Waals surface area contributed by atoms with Gasteiger partial charge < -0.3 is 10.2 Å². The zero-order valence-electron chi connectivity index (χ0n) is 10.2. The fourth-order valence-corrected chi connectivity index (χ4v) is 1.82. The van der Waals surface area contributed by atoms with E-state index in [4.69, 9.17) is 10.2 Å². The third-order valence-electron chi connectivity index (χ3n) is 2.74. The average molecular weight is 236 g/mol. The topological polar surface area (TPSA) is 74.6 Å². The van der Waals surface area contributed by atoms with Crippen LogP contribution in [0.3, 0.4) is 0 Å². The minimum absolute atomic E-state index is 0.0230. The molecule has 1 aromatic rings. The van der Waals surface area contributed by atoms with E-state index < -0.39 is 11.9 Å². The molecule has 0 heterocycles. The molecule has 2 N–H and O–H groups in total.